The number of benzene rings is 1. The summed E-state index contributed by atoms with van der Waals surface area (Å²) in [6, 6.07) is 3.34. The molecule has 0 aliphatic carbocycles. The summed E-state index contributed by atoms with van der Waals surface area (Å²) in [6.07, 6.45) is -4.80. The Morgan fingerprint density at radius 3 is 2.12 bits per heavy atom. The minimum atomic E-state index is -1.27. The smallest absolute Gasteiger partial charge is 0.303 e. The molecule has 1 amide bonds. The van der Waals surface area contributed by atoms with Crippen LogP contribution in [0.15, 0.2) is 18.2 Å². The van der Waals surface area contributed by atoms with Crippen molar-refractivity contribution in [3.63, 3.8) is 0 Å². The van der Waals surface area contributed by atoms with Crippen LogP contribution in [0, 0.1) is 0 Å². The largest absolute Gasteiger partial charge is 0.463 e. The second-order valence-corrected chi connectivity index (χ2v) is 7.76. The molecule has 1 aliphatic rings. The number of hydrogen-bond donors (Lipinski definition) is 1. The molecule has 0 bridgehead atoms. The Morgan fingerprint density at radius 2 is 1.59 bits per heavy atom. The van der Waals surface area contributed by atoms with Crippen LogP contribution in [0.1, 0.15) is 27.7 Å². The molecule has 0 aromatic heterocycles. The number of amides is 1. The second kappa shape index (κ2) is 11.3. The molecular formula is C20H23Cl2NO9. The van der Waals surface area contributed by atoms with Gasteiger partial charge in [-0.2, -0.15) is 0 Å². The predicted octanol–water partition coefficient (Wildman–Crippen LogP) is 2.03. The molecule has 32 heavy (non-hydrogen) atoms. The highest BCUT2D eigenvalue weighted by Gasteiger charge is 2.52. The Morgan fingerprint density at radius 1 is 0.969 bits per heavy atom. The molecule has 10 nitrogen and oxygen atoms in total. The van der Waals surface area contributed by atoms with E-state index in [1.54, 1.807) is 0 Å². The minimum absolute atomic E-state index is 0.158. The van der Waals surface area contributed by atoms with Gasteiger partial charge in [-0.3, -0.25) is 19.2 Å². The van der Waals surface area contributed by atoms with Crippen LogP contribution in [0.3, 0.4) is 0 Å². The molecule has 1 saturated heterocycles. The zero-order chi connectivity index (χ0) is 24.0. The average Bonchev–Trinajstić information content (AvgIpc) is 2.65. The summed E-state index contributed by atoms with van der Waals surface area (Å²) >= 11 is 12.1. The number of carbonyl (C=O) groups excluding carboxylic acids is 4. The fourth-order valence-corrected chi connectivity index (χ4v) is 3.54. The van der Waals surface area contributed by atoms with E-state index in [2.05, 4.69) is 5.32 Å². The highest BCUT2D eigenvalue weighted by Crippen LogP contribution is 2.33. The first-order valence-corrected chi connectivity index (χ1v) is 10.3. The summed E-state index contributed by atoms with van der Waals surface area (Å²) in [7, 11) is 0. The minimum Gasteiger partial charge on any atom is -0.463 e. The van der Waals surface area contributed by atoms with Crippen LogP contribution in [0.4, 0.5) is 0 Å². The molecule has 1 aromatic carbocycles. The maximum atomic E-state index is 11.9. The third-order valence-electron chi connectivity index (χ3n) is 4.21. The molecule has 1 heterocycles. The van der Waals surface area contributed by atoms with Crippen LogP contribution >= 0.6 is 23.2 Å². The zero-order valence-corrected chi connectivity index (χ0v) is 19.3. The summed E-state index contributed by atoms with van der Waals surface area (Å²) in [6.45, 7) is 4.39. The van der Waals surface area contributed by atoms with Crippen molar-refractivity contribution in [3.8, 4) is 5.75 Å². The van der Waals surface area contributed by atoms with E-state index in [1.165, 1.54) is 32.0 Å². The lowest BCUT2D eigenvalue weighted by Crippen LogP contribution is -2.67. The molecule has 1 aliphatic heterocycles. The molecule has 12 heteroatoms. The highest BCUT2D eigenvalue weighted by molar-refractivity contribution is 6.35. The molecule has 5 unspecified atom stereocenters. The van der Waals surface area contributed by atoms with Crippen LogP contribution in [0.5, 0.6) is 5.75 Å². The first-order valence-electron chi connectivity index (χ1n) is 9.50. The topological polar surface area (TPSA) is 126 Å². The third-order valence-corrected chi connectivity index (χ3v) is 4.74. The number of nitrogens with one attached hydrogen (secondary N) is 1. The van der Waals surface area contributed by atoms with E-state index in [9.17, 15) is 19.2 Å². The predicted molar refractivity (Wildman–Crippen MR) is 111 cm³/mol. The monoisotopic (exact) mass is 491 g/mol. The molecular weight excluding hydrogens is 469 g/mol. The zero-order valence-electron chi connectivity index (χ0n) is 17.8. The Labute approximate surface area is 194 Å². The lowest BCUT2D eigenvalue weighted by Gasteiger charge is -2.44. The maximum Gasteiger partial charge on any atom is 0.303 e. The van der Waals surface area contributed by atoms with Crippen LogP contribution in [0.25, 0.3) is 0 Å². The SMILES string of the molecule is CC(=O)NC1C(Oc2ccc(Cl)cc2Cl)OC(COC(C)=O)C(OC(C)=O)C1OC(C)=O. The van der Waals surface area contributed by atoms with E-state index in [0.29, 0.717) is 5.02 Å². The lowest BCUT2D eigenvalue weighted by atomic mass is 9.96. The maximum absolute atomic E-state index is 11.9. The fourth-order valence-electron chi connectivity index (χ4n) is 3.09. The Kier molecular flexibility index (Phi) is 9.11. The van der Waals surface area contributed by atoms with Crippen LogP contribution in [-0.2, 0) is 38.1 Å². The first kappa shape index (κ1) is 25.7. The number of halogens is 2. The summed E-state index contributed by atoms with van der Waals surface area (Å²) in [4.78, 5) is 46.8. The van der Waals surface area contributed by atoms with Gasteiger partial charge in [0.25, 0.3) is 0 Å². The van der Waals surface area contributed by atoms with Crippen molar-refractivity contribution in [2.24, 2.45) is 0 Å². The normalized spacial score (nSPS) is 24.8. The van der Waals surface area contributed by atoms with E-state index < -0.39 is 54.5 Å². The van der Waals surface area contributed by atoms with Gasteiger partial charge in [-0.1, -0.05) is 23.2 Å². The van der Waals surface area contributed by atoms with Gasteiger partial charge in [0.2, 0.25) is 12.2 Å². The van der Waals surface area contributed by atoms with Crippen molar-refractivity contribution in [2.75, 3.05) is 6.61 Å². The van der Waals surface area contributed by atoms with Crippen molar-refractivity contribution < 1.29 is 42.9 Å². The van der Waals surface area contributed by atoms with Crippen molar-refractivity contribution in [3.05, 3.63) is 28.2 Å². The quantitative estimate of drug-likeness (QED) is 0.449. The molecule has 0 radical (unpaired) electrons. The number of esters is 3. The molecule has 5 atom stereocenters. The Bertz CT molecular complexity index is 879. The lowest BCUT2D eigenvalue weighted by molar-refractivity contribution is -0.257. The van der Waals surface area contributed by atoms with Gasteiger partial charge in [-0.15, -0.1) is 0 Å². The first-order chi connectivity index (χ1) is 15.0. The number of ether oxygens (including phenoxy) is 5. The van der Waals surface area contributed by atoms with Crippen molar-refractivity contribution in [2.45, 2.75) is 58.3 Å². The van der Waals surface area contributed by atoms with E-state index in [1.807, 2.05) is 0 Å². The standard InChI is InChI=1S/C20H23Cl2NO9/c1-9(24)23-17-19(30-12(4)27)18(29-11(3)26)16(8-28-10(2)25)32-20(17)31-15-6-5-13(21)7-14(15)22/h5-7,16-20H,8H2,1-4H3,(H,23,24). The summed E-state index contributed by atoms with van der Waals surface area (Å²) in [5, 5.41) is 3.12. The number of hydrogen-bond acceptors (Lipinski definition) is 9. The summed E-state index contributed by atoms with van der Waals surface area (Å²) in [5.41, 5.74) is 0. The van der Waals surface area contributed by atoms with Gasteiger partial charge < -0.3 is 29.0 Å². The van der Waals surface area contributed by atoms with Crippen molar-refractivity contribution in [1.29, 1.82) is 0 Å². The molecule has 1 N–H and O–H groups in total. The van der Waals surface area contributed by atoms with Gasteiger partial charge in [-0.05, 0) is 18.2 Å². The number of carbonyl (C=O) groups is 4. The molecule has 0 spiro atoms. The fraction of sp³-hybridized carbons (Fsp3) is 0.500. The van der Waals surface area contributed by atoms with Gasteiger partial charge in [0, 0.05) is 32.7 Å². The van der Waals surface area contributed by atoms with Crippen LogP contribution in [0.2, 0.25) is 10.0 Å². The summed E-state index contributed by atoms with van der Waals surface area (Å²) in [5.74, 6) is -2.35. The van der Waals surface area contributed by atoms with Crippen molar-refractivity contribution in [1.82, 2.24) is 5.32 Å². The van der Waals surface area contributed by atoms with Gasteiger partial charge >= 0.3 is 17.9 Å². The van der Waals surface area contributed by atoms with Gasteiger partial charge in [0.05, 0.1) is 5.02 Å². The summed E-state index contributed by atoms with van der Waals surface area (Å²) < 4.78 is 27.5. The van der Waals surface area contributed by atoms with Crippen LogP contribution in [-0.4, -0.2) is 61.1 Å². The molecule has 0 saturated carbocycles. The van der Waals surface area contributed by atoms with Gasteiger partial charge in [0.1, 0.15) is 24.5 Å². The average molecular weight is 492 g/mol. The highest BCUT2D eigenvalue weighted by atomic mass is 35.5. The van der Waals surface area contributed by atoms with Gasteiger partial charge in [-0.25, -0.2) is 0 Å². The molecule has 1 aromatic rings. The number of rotatable bonds is 7. The Hall–Kier alpha value is -2.56. The molecule has 176 valence electrons. The van der Waals surface area contributed by atoms with E-state index >= 15 is 0 Å². The Balaban J connectivity index is 2.47. The van der Waals surface area contributed by atoms with E-state index in [0.717, 1.165) is 13.8 Å². The van der Waals surface area contributed by atoms with E-state index in [4.69, 9.17) is 46.9 Å². The second-order valence-electron chi connectivity index (χ2n) is 6.91. The molecule has 1 fully saturated rings. The van der Waals surface area contributed by atoms with E-state index in [-0.39, 0.29) is 17.4 Å². The third kappa shape index (κ3) is 7.25. The molecule has 2 rings (SSSR count). The van der Waals surface area contributed by atoms with Gasteiger partial charge in [0.15, 0.2) is 12.2 Å². The van der Waals surface area contributed by atoms with Crippen molar-refractivity contribution >= 4 is 47.0 Å². The van der Waals surface area contributed by atoms with Crippen LogP contribution < -0.4 is 10.1 Å².